The van der Waals surface area contributed by atoms with E-state index < -0.39 is 79.1 Å². The van der Waals surface area contributed by atoms with Crippen molar-refractivity contribution in [1.29, 1.82) is 0 Å². The third-order valence-corrected chi connectivity index (χ3v) is 7.21. The molecule has 0 saturated carbocycles. The molecule has 0 aromatic heterocycles. The van der Waals surface area contributed by atoms with Crippen molar-refractivity contribution in [3.05, 3.63) is 65.5 Å². The number of esters is 1. The summed E-state index contributed by atoms with van der Waals surface area (Å²) in [5.41, 5.74) is -1.64. The minimum Gasteiger partial charge on any atom is -0.508 e. The zero-order chi connectivity index (χ0) is 27.4. The maximum Gasteiger partial charge on any atom is 0.338 e. The summed E-state index contributed by atoms with van der Waals surface area (Å²) >= 11 is 0. The number of benzene rings is 1. The molecule has 3 aliphatic heterocycles. The van der Waals surface area contributed by atoms with Crippen molar-refractivity contribution >= 4 is 11.9 Å². The van der Waals surface area contributed by atoms with Gasteiger partial charge < -0.3 is 54.7 Å². The van der Waals surface area contributed by atoms with E-state index >= 15 is 0 Å². The highest BCUT2D eigenvalue weighted by Gasteiger charge is 2.59. The average molecular weight is 534 g/mol. The van der Waals surface area contributed by atoms with Gasteiger partial charge in [-0.2, -0.15) is 0 Å². The number of aliphatic hydroxyl groups is 5. The predicted molar refractivity (Wildman–Crippen MR) is 122 cm³/mol. The maximum atomic E-state index is 12.9. The molecule has 4 aliphatic rings. The summed E-state index contributed by atoms with van der Waals surface area (Å²) in [7, 11) is 0. The Hall–Kier alpha value is -3.30. The predicted octanol–water partition coefficient (Wildman–Crippen LogP) is -1.41. The van der Waals surface area contributed by atoms with E-state index in [1.807, 2.05) is 0 Å². The van der Waals surface area contributed by atoms with Crippen molar-refractivity contribution in [2.24, 2.45) is 11.8 Å². The van der Waals surface area contributed by atoms with E-state index in [4.69, 9.17) is 18.9 Å². The minimum atomic E-state index is -1.77. The lowest BCUT2D eigenvalue weighted by Gasteiger charge is -2.44. The third kappa shape index (κ3) is 4.27. The van der Waals surface area contributed by atoms with Crippen LogP contribution >= 0.6 is 0 Å². The number of fused-ring (bicyclic) bond motifs is 2. The first-order valence-electron chi connectivity index (χ1n) is 11.7. The third-order valence-electron chi connectivity index (χ3n) is 7.21. The van der Waals surface area contributed by atoms with Crippen molar-refractivity contribution in [1.82, 2.24) is 0 Å². The van der Waals surface area contributed by atoms with Gasteiger partial charge in [-0.15, -0.1) is 0 Å². The van der Waals surface area contributed by atoms with Crippen LogP contribution in [0.15, 0.2) is 59.9 Å². The Morgan fingerprint density at radius 3 is 2.45 bits per heavy atom. The summed E-state index contributed by atoms with van der Waals surface area (Å²) < 4.78 is 22.4. The number of aliphatic hydroxyl groups excluding tert-OH is 5. The highest BCUT2D eigenvalue weighted by atomic mass is 16.8. The maximum absolute atomic E-state index is 12.9. The minimum absolute atomic E-state index is 0.0394. The molecule has 1 spiro atoms. The number of phenolic OH excluding ortho intramolecular Hbond substituents is 1. The fourth-order valence-corrected chi connectivity index (χ4v) is 5.19. The Bertz CT molecular complexity index is 1190. The molecule has 5 rings (SSSR count). The second-order valence-corrected chi connectivity index (χ2v) is 9.46. The number of aliphatic carboxylic acids is 1. The van der Waals surface area contributed by atoms with Gasteiger partial charge in [0.05, 0.1) is 29.9 Å². The van der Waals surface area contributed by atoms with Crippen LogP contribution in [0.3, 0.4) is 0 Å². The SMILES string of the molecule is O=C(O)C1=CO[C@@H](O[C@H]2O[C@@H](CO)[C@H](O)[C@@H](O)[C@@H]2O)[C@H]2[C@@H]1C=C[C@@]21C=C([C@@H](O)c2ccc(O)cc2)C(=O)O1. The molecule has 13 heteroatoms. The topological polar surface area (TPSA) is 213 Å². The Morgan fingerprint density at radius 1 is 1.08 bits per heavy atom. The molecule has 1 aromatic rings. The number of aromatic hydroxyl groups is 1. The second kappa shape index (κ2) is 9.78. The first kappa shape index (κ1) is 26.3. The number of allylic oxidation sites excluding steroid dienone is 1. The smallest absolute Gasteiger partial charge is 0.338 e. The van der Waals surface area contributed by atoms with Crippen LogP contribution < -0.4 is 0 Å². The number of hydrogen-bond donors (Lipinski definition) is 7. The zero-order valence-electron chi connectivity index (χ0n) is 19.6. The largest absolute Gasteiger partial charge is 0.508 e. The molecule has 7 N–H and O–H groups in total. The molecule has 1 saturated heterocycles. The summed E-state index contributed by atoms with van der Waals surface area (Å²) in [6, 6.07) is 5.52. The molecular formula is C25H26O13. The van der Waals surface area contributed by atoms with Gasteiger partial charge in [-0.25, -0.2) is 9.59 Å². The quantitative estimate of drug-likeness (QED) is 0.165. The second-order valence-electron chi connectivity index (χ2n) is 9.46. The fourth-order valence-electron chi connectivity index (χ4n) is 5.19. The van der Waals surface area contributed by atoms with Gasteiger partial charge in [0.25, 0.3) is 0 Å². The molecule has 3 heterocycles. The van der Waals surface area contributed by atoms with E-state index in [0.717, 1.165) is 6.26 Å². The van der Waals surface area contributed by atoms with E-state index in [-0.39, 0.29) is 16.9 Å². The van der Waals surface area contributed by atoms with Crippen LogP contribution in [0.4, 0.5) is 0 Å². The van der Waals surface area contributed by atoms with Crippen LogP contribution in [-0.2, 0) is 28.5 Å². The van der Waals surface area contributed by atoms with Crippen LogP contribution in [0.5, 0.6) is 5.75 Å². The van der Waals surface area contributed by atoms with Crippen molar-refractivity contribution in [3.8, 4) is 5.75 Å². The standard InChI is InChI=1S/C25H26O13/c26-8-15-18(29)19(30)20(31)24(36-15)37-23-16-12(14(9-35-23)21(32)33)5-6-25(16)7-13(22(34)38-25)17(28)10-1-3-11(27)4-2-10/h1-7,9,12,15-20,23-24,26-31H,8H2,(H,32,33)/t12-,15+,16-,17+,18+,19-,20+,23+,24-,25-/m1/s1. The Labute approximate surface area is 215 Å². The van der Waals surface area contributed by atoms with Gasteiger partial charge in [0, 0.05) is 5.92 Å². The molecule has 0 unspecified atom stereocenters. The number of carbonyl (C=O) groups excluding carboxylic acids is 1. The van der Waals surface area contributed by atoms with E-state index in [1.54, 1.807) is 0 Å². The normalized spacial score (nSPS) is 38.7. The highest BCUT2D eigenvalue weighted by Crippen LogP contribution is 2.51. The Balaban J connectivity index is 1.48. The highest BCUT2D eigenvalue weighted by molar-refractivity contribution is 5.94. The van der Waals surface area contributed by atoms with Gasteiger partial charge in [-0.1, -0.05) is 18.2 Å². The molecule has 10 atom stereocenters. The van der Waals surface area contributed by atoms with Gasteiger partial charge in [-0.05, 0) is 29.8 Å². The lowest BCUT2D eigenvalue weighted by molar-refractivity contribution is -0.344. The van der Waals surface area contributed by atoms with Gasteiger partial charge >= 0.3 is 11.9 Å². The van der Waals surface area contributed by atoms with Crippen LogP contribution in [0.2, 0.25) is 0 Å². The summed E-state index contributed by atoms with van der Waals surface area (Å²) in [4.78, 5) is 24.8. The van der Waals surface area contributed by atoms with Gasteiger partial charge in [0.1, 0.15) is 36.3 Å². The molecule has 1 fully saturated rings. The molecule has 1 aliphatic carbocycles. The molecule has 13 nitrogen and oxygen atoms in total. The first-order chi connectivity index (χ1) is 18.1. The van der Waals surface area contributed by atoms with Crippen LogP contribution in [0, 0.1) is 11.8 Å². The Morgan fingerprint density at radius 2 is 1.79 bits per heavy atom. The molecule has 38 heavy (non-hydrogen) atoms. The molecule has 0 radical (unpaired) electrons. The van der Waals surface area contributed by atoms with Gasteiger partial charge in [0.2, 0.25) is 6.29 Å². The number of phenols is 1. The molecule has 1 aromatic carbocycles. The summed E-state index contributed by atoms with van der Waals surface area (Å²) in [6.07, 6.45) is -5.61. The van der Waals surface area contributed by atoms with Crippen molar-refractivity contribution in [2.45, 2.75) is 48.7 Å². The lowest BCUT2D eigenvalue weighted by atomic mass is 9.78. The summed E-state index contributed by atoms with van der Waals surface area (Å²) in [5.74, 6) is -4.19. The van der Waals surface area contributed by atoms with Gasteiger partial charge in [0.15, 0.2) is 11.9 Å². The molecule has 204 valence electrons. The molecule has 0 bridgehead atoms. The average Bonchev–Trinajstić information content (AvgIpc) is 3.43. The monoisotopic (exact) mass is 534 g/mol. The first-order valence-corrected chi connectivity index (χ1v) is 11.7. The number of carboxylic acids is 1. The van der Waals surface area contributed by atoms with Crippen molar-refractivity contribution in [2.75, 3.05) is 6.61 Å². The van der Waals surface area contributed by atoms with E-state index in [1.165, 1.54) is 42.5 Å². The van der Waals surface area contributed by atoms with Crippen LogP contribution in [-0.4, -0.2) is 96.9 Å². The number of carboxylic acid groups (broad SMARTS) is 1. The van der Waals surface area contributed by atoms with Gasteiger partial charge in [-0.3, -0.25) is 0 Å². The molecular weight excluding hydrogens is 508 g/mol. The van der Waals surface area contributed by atoms with Crippen LogP contribution in [0.1, 0.15) is 11.7 Å². The van der Waals surface area contributed by atoms with Crippen molar-refractivity contribution < 1.29 is 64.3 Å². The zero-order valence-corrected chi connectivity index (χ0v) is 19.6. The summed E-state index contributed by atoms with van der Waals surface area (Å²) in [5, 5.41) is 70.1. The van der Waals surface area contributed by atoms with E-state index in [0.29, 0.717) is 5.56 Å². The number of ether oxygens (including phenoxy) is 4. The van der Waals surface area contributed by atoms with Crippen LogP contribution in [0.25, 0.3) is 0 Å². The summed E-state index contributed by atoms with van der Waals surface area (Å²) in [6.45, 7) is -0.699. The van der Waals surface area contributed by atoms with Crippen molar-refractivity contribution in [3.63, 3.8) is 0 Å². The number of rotatable bonds is 6. The lowest BCUT2D eigenvalue weighted by Crippen LogP contribution is -2.60. The van der Waals surface area contributed by atoms with E-state index in [2.05, 4.69) is 0 Å². The Kier molecular flexibility index (Phi) is 6.77. The van der Waals surface area contributed by atoms with E-state index in [9.17, 15) is 45.3 Å². The number of carbonyl (C=O) groups is 2. The molecule has 0 amide bonds. The number of hydrogen-bond acceptors (Lipinski definition) is 12. The fraction of sp³-hybridized carbons (Fsp3) is 0.440.